The van der Waals surface area contributed by atoms with E-state index in [4.69, 9.17) is 46.4 Å². The Bertz CT molecular complexity index is 630. The van der Waals surface area contributed by atoms with Gasteiger partial charge in [-0.05, 0) is 24.3 Å². The number of halogens is 4. The van der Waals surface area contributed by atoms with Gasteiger partial charge in [0.25, 0.3) is 0 Å². The molecule has 0 saturated carbocycles. The Morgan fingerprint density at radius 1 is 0.850 bits per heavy atom. The van der Waals surface area contributed by atoms with Gasteiger partial charge in [0.1, 0.15) is 6.10 Å². The third kappa shape index (κ3) is 2.95. The monoisotopic (exact) mass is 348 g/mol. The normalized spacial score (nSPS) is 12.2. The van der Waals surface area contributed by atoms with Crippen LogP contribution in [0.25, 0.3) is 0 Å². The van der Waals surface area contributed by atoms with E-state index in [0.717, 1.165) is 0 Å². The topological polar surface area (TPSA) is 37.3 Å². The number of Topliss-reactive ketones (excluding diaryl/α,β-unsaturated/α-hetero) is 1. The van der Waals surface area contributed by atoms with Crippen molar-refractivity contribution in [1.82, 2.24) is 0 Å². The molecule has 6 heteroatoms. The van der Waals surface area contributed by atoms with Gasteiger partial charge < -0.3 is 5.11 Å². The maximum atomic E-state index is 12.4. The highest BCUT2D eigenvalue weighted by atomic mass is 35.5. The molecular weight excluding hydrogens is 342 g/mol. The van der Waals surface area contributed by atoms with Gasteiger partial charge in [0, 0.05) is 15.6 Å². The van der Waals surface area contributed by atoms with Crippen molar-refractivity contribution >= 4 is 52.2 Å². The molecule has 0 aliphatic rings. The van der Waals surface area contributed by atoms with Crippen molar-refractivity contribution in [2.45, 2.75) is 6.10 Å². The molecule has 0 fully saturated rings. The third-order valence-electron chi connectivity index (χ3n) is 2.73. The number of aliphatic hydroxyl groups excluding tert-OH is 1. The second kappa shape index (κ2) is 6.33. The Balaban J connectivity index is 2.49. The van der Waals surface area contributed by atoms with E-state index >= 15 is 0 Å². The zero-order valence-electron chi connectivity index (χ0n) is 9.91. The SMILES string of the molecule is O=C(c1c(Cl)cccc1Cl)C(O)c1c(Cl)cccc1Cl. The summed E-state index contributed by atoms with van der Waals surface area (Å²) in [5.74, 6) is -0.657. The number of aliphatic hydroxyl groups is 1. The average Bonchev–Trinajstić information content (AvgIpc) is 2.37. The van der Waals surface area contributed by atoms with Crippen molar-refractivity contribution in [3.05, 3.63) is 67.6 Å². The Hall–Kier alpha value is -0.770. The van der Waals surface area contributed by atoms with Gasteiger partial charge in [-0.2, -0.15) is 0 Å². The fourth-order valence-electron chi connectivity index (χ4n) is 1.77. The summed E-state index contributed by atoms with van der Waals surface area (Å²) in [6.07, 6.45) is -1.53. The first-order valence-electron chi connectivity index (χ1n) is 5.53. The molecular formula is C14H8Cl4O2. The van der Waals surface area contributed by atoms with Crippen molar-refractivity contribution in [2.75, 3.05) is 0 Å². The first-order valence-corrected chi connectivity index (χ1v) is 7.05. The summed E-state index contributed by atoms with van der Waals surface area (Å²) >= 11 is 23.9. The van der Waals surface area contributed by atoms with Crippen LogP contribution in [0.3, 0.4) is 0 Å². The van der Waals surface area contributed by atoms with Gasteiger partial charge in [0.05, 0.1) is 15.6 Å². The zero-order chi connectivity index (χ0) is 14.9. The lowest BCUT2D eigenvalue weighted by atomic mass is 9.99. The highest BCUT2D eigenvalue weighted by Crippen LogP contribution is 2.35. The molecule has 1 N–H and O–H groups in total. The van der Waals surface area contributed by atoms with Crippen LogP contribution in [0.2, 0.25) is 20.1 Å². The van der Waals surface area contributed by atoms with E-state index in [2.05, 4.69) is 0 Å². The summed E-state index contributed by atoms with van der Waals surface area (Å²) in [6.45, 7) is 0. The molecule has 1 atom stereocenters. The lowest BCUT2D eigenvalue weighted by Crippen LogP contribution is -2.14. The highest BCUT2D eigenvalue weighted by Gasteiger charge is 2.27. The molecule has 2 aromatic carbocycles. The fraction of sp³-hybridized carbons (Fsp3) is 0.0714. The van der Waals surface area contributed by atoms with E-state index in [1.165, 1.54) is 24.3 Å². The van der Waals surface area contributed by atoms with E-state index in [0.29, 0.717) is 0 Å². The number of carbonyl (C=O) groups is 1. The fourth-order valence-corrected chi connectivity index (χ4v) is 2.96. The van der Waals surface area contributed by atoms with Gasteiger partial charge >= 0.3 is 0 Å². The van der Waals surface area contributed by atoms with Crippen LogP contribution >= 0.6 is 46.4 Å². The van der Waals surface area contributed by atoms with Gasteiger partial charge in [0.15, 0.2) is 5.78 Å². The maximum absolute atomic E-state index is 12.4. The maximum Gasteiger partial charge on any atom is 0.198 e. The molecule has 2 nitrogen and oxygen atoms in total. The van der Waals surface area contributed by atoms with Crippen molar-refractivity contribution in [3.8, 4) is 0 Å². The molecule has 1 unspecified atom stereocenters. The van der Waals surface area contributed by atoms with Crippen LogP contribution in [0.4, 0.5) is 0 Å². The molecule has 20 heavy (non-hydrogen) atoms. The largest absolute Gasteiger partial charge is 0.380 e. The number of benzene rings is 2. The molecule has 0 aromatic heterocycles. The summed E-state index contributed by atoms with van der Waals surface area (Å²) < 4.78 is 0. The predicted molar refractivity (Wildman–Crippen MR) is 82.2 cm³/mol. The smallest absolute Gasteiger partial charge is 0.198 e. The Labute approximate surface area is 135 Å². The van der Waals surface area contributed by atoms with E-state index in [1.807, 2.05) is 0 Å². The summed E-state index contributed by atoms with van der Waals surface area (Å²) in [5.41, 5.74) is 0.177. The molecule has 0 aliphatic heterocycles. The van der Waals surface area contributed by atoms with Gasteiger partial charge in [-0.1, -0.05) is 58.5 Å². The molecule has 0 bridgehead atoms. The highest BCUT2D eigenvalue weighted by molar-refractivity contribution is 6.40. The summed E-state index contributed by atoms with van der Waals surface area (Å²) in [4.78, 5) is 12.4. The summed E-state index contributed by atoms with van der Waals surface area (Å²) in [7, 11) is 0. The minimum atomic E-state index is -1.53. The first-order chi connectivity index (χ1) is 9.43. The standard InChI is InChI=1S/C14H8Cl4O2/c15-7-3-1-4-8(16)11(7)13(19)14(20)12-9(17)5-2-6-10(12)18/h1-6,13,19H. The van der Waals surface area contributed by atoms with Crippen molar-refractivity contribution < 1.29 is 9.90 Å². The van der Waals surface area contributed by atoms with Crippen LogP contribution < -0.4 is 0 Å². The Morgan fingerprint density at radius 2 is 1.25 bits per heavy atom. The van der Waals surface area contributed by atoms with Crippen molar-refractivity contribution in [2.24, 2.45) is 0 Å². The van der Waals surface area contributed by atoms with E-state index in [9.17, 15) is 9.90 Å². The van der Waals surface area contributed by atoms with Crippen LogP contribution in [-0.2, 0) is 0 Å². The predicted octanol–water partition coefficient (Wildman–Crippen LogP) is 5.22. The van der Waals surface area contributed by atoms with Crippen molar-refractivity contribution in [3.63, 3.8) is 0 Å². The van der Waals surface area contributed by atoms with E-state index in [-0.39, 0.29) is 31.2 Å². The quantitative estimate of drug-likeness (QED) is 0.771. The van der Waals surface area contributed by atoms with Crippen LogP contribution in [0.15, 0.2) is 36.4 Å². The number of rotatable bonds is 3. The molecule has 0 aliphatic carbocycles. The third-order valence-corrected chi connectivity index (χ3v) is 4.02. The van der Waals surface area contributed by atoms with Crippen molar-refractivity contribution in [1.29, 1.82) is 0 Å². The lowest BCUT2D eigenvalue weighted by Gasteiger charge is -2.15. The minimum absolute atomic E-state index is 0.0410. The van der Waals surface area contributed by atoms with Crippen LogP contribution in [-0.4, -0.2) is 10.9 Å². The Morgan fingerprint density at radius 3 is 1.70 bits per heavy atom. The van der Waals surface area contributed by atoms with Gasteiger partial charge in [0.2, 0.25) is 0 Å². The molecule has 0 spiro atoms. The van der Waals surface area contributed by atoms with Crippen LogP contribution in [0, 0.1) is 0 Å². The molecule has 2 rings (SSSR count). The molecule has 0 heterocycles. The molecule has 0 radical (unpaired) electrons. The molecule has 2 aromatic rings. The summed E-state index contributed by atoms with van der Waals surface area (Å²) in [5, 5.41) is 10.9. The number of hydrogen-bond acceptors (Lipinski definition) is 2. The van der Waals surface area contributed by atoms with Crippen LogP contribution in [0.1, 0.15) is 22.0 Å². The first kappa shape index (κ1) is 15.6. The molecule has 104 valence electrons. The van der Waals surface area contributed by atoms with E-state index in [1.54, 1.807) is 12.1 Å². The second-order valence-corrected chi connectivity index (χ2v) is 5.63. The number of carbonyl (C=O) groups excluding carboxylic acids is 1. The molecule has 0 amide bonds. The number of hydrogen-bond donors (Lipinski definition) is 1. The van der Waals surface area contributed by atoms with E-state index < -0.39 is 11.9 Å². The van der Waals surface area contributed by atoms with Gasteiger partial charge in [-0.25, -0.2) is 0 Å². The van der Waals surface area contributed by atoms with Gasteiger partial charge in [-0.3, -0.25) is 4.79 Å². The molecule has 0 saturated heterocycles. The zero-order valence-corrected chi connectivity index (χ0v) is 12.9. The Kier molecular flexibility index (Phi) is 4.95. The van der Waals surface area contributed by atoms with Gasteiger partial charge in [-0.15, -0.1) is 0 Å². The van der Waals surface area contributed by atoms with Crippen LogP contribution in [0.5, 0.6) is 0 Å². The lowest BCUT2D eigenvalue weighted by molar-refractivity contribution is 0.0748. The second-order valence-electron chi connectivity index (χ2n) is 4.00. The minimum Gasteiger partial charge on any atom is -0.380 e. The summed E-state index contributed by atoms with van der Waals surface area (Å²) in [6, 6.07) is 9.33. The number of ketones is 1. The average molecular weight is 350 g/mol.